The summed E-state index contributed by atoms with van der Waals surface area (Å²) in [7, 11) is 0. The van der Waals surface area contributed by atoms with Crippen LogP contribution < -0.4 is 10.1 Å². The first-order valence-electron chi connectivity index (χ1n) is 10.7. The van der Waals surface area contributed by atoms with Gasteiger partial charge in [0.1, 0.15) is 11.9 Å². The van der Waals surface area contributed by atoms with Crippen molar-refractivity contribution in [2.75, 3.05) is 13.1 Å². The van der Waals surface area contributed by atoms with Gasteiger partial charge in [0.25, 0.3) is 0 Å². The molecule has 1 N–H and O–H groups in total. The van der Waals surface area contributed by atoms with Crippen LogP contribution in [0.4, 0.5) is 0 Å². The lowest BCUT2D eigenvalue weighted by molar-refractivity contribution is -0.133. The van der Waals surface area contributed by atoms with Crippen molar-refractivity contribution in [3.63, 3.8) is 0 Å². The Kier molecular flexibility index (Phi) is 7.14. The molecule has 30 heavy (non-hydrogen) atoms. The van der Waals surface area contributed by atoms with Gasteiger partial charge in [0.05, 0.1) is 12.5 Å². The van der Waals surface area contributed by atoms with Crippen molar-refractivity contribution in [3.8, 4) is 5.75 Å². The van der Waals surface area contributed by atoms with Gasteiger partial charge in [0.15, 0.2) is 0 Å². The molecular formula is C25H32N2O3. The van der Waals surface area contributed by atoms with Gasteiger partial charge in [-0.3, -0.25) is 9.59 Å². The zero-order valence-electron chi connectivity index (χ0n) is 18.4. The standard InChI is InChI=1S/C25H32N2O3/c1-17-6-9-21(10-7-17)23(26-20(4)28)16-25(29)27-13-11-22(12-14-27)30-24-15-18(2)5-8-19(24)3/h5-10,15,22-23H,11-14,16H2,1-4H3,(H,26,28). The van der Waals surface area contributed by atoms with Gasteiger partial charge in [-0.25, -0.2) is 0 Å². The number of ether oxygens (including phenoxy) is 1. The van der Waals surface area contributed by atoms with Crippen molar-refractivity contribution in [3.05, 3.63) is 64.7 Å². The Morgan fingerprint density at radius 1 is 1.03 bits per heavy atom. The first-order valence-corrected chi connectivity index (χ1v) is 10.7. The van der Waals surface area contributed by atoms with E-state index >= 15 is 0 Å². The number of carbonyl (C=O) groups excluding carboxylic acids is 2. The summed E-state index contributed by atoms with van der Waals surface area (Å²) >= 11 is 0. The van der Waals surface area contributed by atoms with E-state index in [2.05, 4.69) is 37.4 Å². The molecule has 2 amide bonds. The molecule has 1 aliphatic heterocycles. The van der Waals surface area contributed by atoms with Crippen LogP contribution in [0, 0.1) is 20.8 Å². The second-order valence-corrected chi connectivity index (χ2v) is 8.33. The first kappa shape index (κ1) is 21.9. The topological polar surface area (TPSA) is 58.6 Å². The number of likely N-dealkylation sites (tertiary alicyclic amines) is 1. The number of nitrogens with zero attached hydrogens (tertiary/aromatic N) is 1. The summed E-state index contributed by atoms with van der Waals surface area (Å²) in [4.78, 5) is 26.5. The molecule has 0 bridgehead atoms. The minimum absolute atomic E-state index is 0.0690. The Morgan fingerprint density at radius 3 is 2.30 bits per heavy atom. The fraction of sp³-hybridized carbons (Fsp3) is 0.440. The molecule has 1 unspecified atom stereocenters. The maximum Gasteiger partial charge on any atom is 0.224 e. The summed E-state index contributed by atoms with van der Waals surface area (Å²) in [5, 5.41) is 2.93. The highest BCUT2D eigenvalue weighted by Crippen LogP contribution is 2.25. The van der Waals surface area contributed by atoms with Crippen LogP contribution in [0.25, 0.3) is 0 Å². The minimum Gasteiger partial charge on any atom is -0.490 e. The highest BCUT2D eigenvalue weighted by atomic mass is 16.5. The molecule has 0 aliphatic carbocycles. The van der Waals surface area contributed by atoms with E-state index < -0.39 is 0 Å². The summed E-state index contributed by atoms with van der Waals surface area (Å²) in [5.41, 5.74) is 4.42. The predicted molar refractivity (Wildman–Crippen MR) is 118 cm³/mol. The fourth-order valence-electron chi connectivity index (χ4n) is 3.84. The Balaban J connectivity index is 1.57. The van der Waals surface area contributed by atoms with Crippen LogP contribution in [0.3, 0.4) is 0 Å². The third-order valence-electron chi connectivity index (χ3n) is 5.67. The SMILES string of the molecule is CC(=O)NC(CC(=O)N1CCC(Oc2cc(C)ccc2C)CC1)c1ccc(C)cc1. The van der Waals surface area contributed by atoms with Gasteiger partial charge in [0.2, 0.25) is 11.8 Å². The molecule has 160 valence electrons. The molecule has 2 aromatic carbocycles. The quantitative estimate of drug-likeness (QED) is 0.777. The summed E-state index contributed by atoms with van der Waals surface area (Å²) in [6, 6.07) is 13.9. The van der Waals surface area contributed by atoms with Crippen LogP contribution in [0.1, 0.15) is 54.5 Å². The Hall–Kier alpha value is -2.82. The highest BCUT2D eigenvalue weighted by molar-refractivity contribution is 5.79. The maximum absolute atomic E-state index is 12.9. The molecule has 5 nitrogen and oxygen atoms in total. The number of hydrogen-bond donors (Lipinski definition) is 1. The van der Waals surface area contributed by atoms with E-state index in [1.165, 1.54) is 12.5 Å². The van der Waals surface area contributed by atoms with Crippen LogP contribution in [0.2, 0.25) is 0 Å². The number of amides is 2. The van der Waals surface area contributed by atoms with Crippen LogP contribution >= 0.6 is 0 Å². The second-order valence-electron chi connectivity index (χ2n) is 8.33. The van der Waals surface area contributed by atoms with E-state index in [0.717, 1.165) is 35.3 Å². The average molecular weight is 409 g/mol. The second kappa shape index (κ2) is 9.79. The Morgan fingerprint density at radius 2 is 1.67 bits per heavy atom. The van der Waals surface area contributed by atoms with Crippen LogP contribution in [-0.4, -0.2) is 35.9 Å². The smallest absolute Gasteiger partial charge is 0.224 e. The number of piperidine rings is 1. The normalized spacial score (nSPS) is 15.5. The van der Waals surface area contributed by atoms with Gasteiger partial charge in [0, 0.05) is 32.9 Å². The summed E-state index contributed by atoms with van der Waals surface area (Å²) in [6.45, 7) is 8.98. The number of nitrogens with one attached hydrogen (secondary N) is 1. The largest absolute Gasteiger partial charge is 0.490 e. The molecule has 2 aromatic rings. The predicted octanol–water partition coefficient (Wildman–Crippen LogP) is 4.25. The minimum atomic E-state index is -0.306. The van der Waals surface area contributed by atoms with E-state index in [0.29, 0.717) is 13.1 Å². The monoisotopic (exact) mass is 408 g/mol. The lowest BCUT2D eigenvalue weighted by atomic mass is 10.0. The van der Waals surface area contributed by atoms with Gasteiger partial charge in [-0.15, -0.1) is 0 Å². The third kappa shape index (κ3) is 5.85. The molecule has 1 fully saturated rings. The molecule has 1 aliphatic rings. The van der Waals surface area contributed by atoms with E-state index in [1.807, 2.05) is 36.1 Å². The van der Waals surface area contributed by atoms with Gasteiger partial charge in [-0.1, -0.05) is 42.0 Å². The van der Waals surface area contributed by atoms with E-state index in [4.69, 9.17) is 4.74 Å². The summed E-state index contributed by atoms with van der Waals surface area (Å²) in [6.07, 6.45) is 2.02. The maximum atomic E-state index is 12.9. The van der Waals surface area contributed by atoms with E-state index in [-0.39, 0.29) is 30.4 Å². The number of aryl methyl sites for hydroxylation is 3. The van der Waals surface area contributed by atoms with Crippen molar-refractivity contribution in [2.45, 2.75) is 59.1 Å². The zero-order valence-corrected chi connectivity index (χ0v) is 18.4. The molecule has 1 atom stereocenters. The van der Waals surface area contributed by atoms with E-state index in [9.17, 15) is 9.59 Å². The highest BCUT2D eigenvalue weighted by Gasteiger charge is 2.27. The van der Waals surface area contributed by atoms with Crippen LogP contribution in [0.5, 0.6) is 5.75 Å². The number of rotatable bonds is 6. The molecule has 0 saturated carbocycles. The summed E-state index contributed by atoms with van der Waals surface area (Å²) < 4.78 is 6.21. The zero-order chi connectivity index (χ0) is 21.7. The lowest BCUT2D eigenvalue weighted by Gasteiger charge is -2.33. The van der Waals surface area contributed by atoms with Crippen molar-refractivity contribution in [1.82, 2.24) is 10.2 Å². The number of benzene rings is 2. The van der Waals surface area contributed by atoms with Gasteiger partial charge >= 0.3 is 0 Å². The molecule has 0 aromatic heterocycles. The summed E-state index contributed by atoms with van der Waals surface area (Å²) in [5.74, 6) is 0.874. The Bertz CT molecular complexity index is 884. The number of hydrogen-bond acceptors (Lipinski definition) is 3. The van der Waals surface area contributed by atoms with Crippen LogP contribution in [-0.2, 0) is 9.59 Å². The van der Waals surface area contributed by atoms with Crippen molar-refractivity contribution in [1.29, 1.82) is 0 Å². The average Bonchev–Trinajstić information content (AvgIpc) is 2.71. The molecular weight excluding hydrogens is 376 g/mol. The Labute approximate surface area is 179 Å². The van der Waals surface area contributed by atoms with Gasteiger partial charge < -0.3 is 15.0 Å². The van der Waals surface area contributed by atoms with Crippen molar-refractivity contribution < 1.29 is 14.3 Å². The molecule has 0 radical (unpaired) electrons. The van der Waals surface area contributed by atoms with Gasteiger partial charge in [-0.2, -0.15) is 0 Å². The van der Waals surface area contributed by atoms with Crippen molar-refractivity contribution in [2.24, 2.45) is 0 Å². The lowest BCUT2D eigenvalue weighted by Crippen LogP contribution is -2.43. The first-order chi connectivity index (χ1) is 14.3. The van der Waals surface area contributed by atoms with Gasteiger partial charge in [-0.05, 0) is 43.5 Å². The molecule has 1 heterocycles. The molecule has 5 heteroatoms. The number of carbonyl (C=O) groups is 2. The molecule has 1 saturated heterocycles. The molecule has 3 rings (SSSR count). The third-order valence-corrected chi connectivity index (χ3v) is 5.67. The fourth-order valence-corrected chi connectivity index (χ4v) is 3.84. The van der Waals surface area contributed by atoms with E-state index in [1.54, 1.807) is 0 Å². The molecule has 0 spiro atoms. The van der Waals surface area contributed by atoms with Crippen LogP contribution in [0.15, 0.2) is 42.5 Å². The van der Waals surface area contributed by atoms with Crippen molar-refractivity contribution >= 4 is 11.8 Å².